The normalized spacial score (nSPS) is 17.1. The van der Waals surface area contributed by atoms with E-state index in [4.69, 9.17) is 4.42 Å². The van der Waals surface area contributed by atoms with Crippen LogP contribution in [0.3, 0.4) is 0 Å². The van der Waals surface area contributed by atoms with Crippen LogP contribution in [0.2, 0.25) is 0 Å². The number of oxazole rings is 1. The monoisotopic (exact) mass is 261 g/mol. The van der Waals surface area contributed by atoms with Crippen LogP contribution in [-0.2, 0) is 13.5 Å². The summed E-state index contributed by atoms with van der Waals surface area (Å²) in [6.45, 7) is 5.44. The van der Waals surface area contributed by atoms with Gasteiger partial charge in [-0.05, 0) is 24.1 Å². The van der Waals surface area contributed by atoms with Crippen molar-refractivity contribution in [1.82, 2.24) is 14.8 Å². The Balaban J connectivity index is 1.72. The van der Waals surface area contributed by atoms with Gasteiger partial charge in [0, 0.05) is 39.8 Å². The summed E-state index contributed by atoms with van der Waals surface area (Å²) in [4.78, 5) is 13.9. The molecule has 2 heterocycles. The third-order valence-electron chi connectivity index (χ3n) is 3.78. The Morgan fingerprint density at radius 1 is 1.32 bits per heavy atom. The third-order valence-corrected chi connectivity index (χ3v) is 3.78. The minimum Gasteiger partial charge on any atom is -0.408 e. The summed E-state index contributed by atoms with van der Waals surface area (Å²) in [7, 11) is 1.73. The van der Waals surface area contributed by atoms with Crippen LogP contribution in [0.1, 0.15) is 5.56 Å². The van der Waals surface area contributed by atoms with Crippen LogP contribution in [0.25, 0.3) is 11.1 Å². The molecule has 5 heteroatoms. The van der Waals surface area contributed by atoms with Crippen LogP contribution in [0, 0.1) is 0 Å². The molecule has 1 aliphatic rings. The molecule has 1 aliphatic heterocycles. The molecule has 19 heavy (non-hydrogen) atoms. The molecule has 0 radical (unpaired) electrons. The smallest absolute Gasteiger partial charge is 0.408 e. The van der Waals surface area contributed by atoms with Crippen LogP contribution < -0.4 is 11.1 Å². The Morgan fingerprint density at radius 3 is 2.89 bits per heavy atom. The van der Waals surface area contributed by atoms with Crippen molar-refractivity contribution >= 4 is 11.1 Å². The lowest BCUT2D eigenvalue weighted by atomic mass is 10.1. The minimum atomic E-state index is -0.297. The molecule has 3 rings (SSSR count). The zero-order chi connectivity index (χ0) is 13.2. The molecule has 1 aromatic carbocycles. The van der Waals surface area contributed by atoms with Gasteiger partial charge in [0.15, 0.2) is 5.58 Å². The summed E-state index contributed by atoms with van der Waals surface area (Å²) in [6, 6.07) is 6.03. The van der Waals surface area contributed by atoms with Crippen molar-refractivity contribution in [3.8, 4) is 0 Å². The molecule has 102 valence electrons. The van der Waals surface area contributed by atoms with Crippen molar-refractivity contribution in [3.63, 3.8) is 0 Å². The molecule has 0 atom stereocenters. The molecule has 1 saturated heterocycles. The fourth-order valence-corrected chi connectivity index (χ4v) is 2.56. The molecular formula is C14H19N3O2. The molecule has 0 aliphatic carbocycles. The fraction of sp³-hybridized carbons (Fsp3) is 0.500. The molecule has 0 unspecified atom stereocenters. The Morgan fingerprint density at radius 2 is 2.11 bits per heavy atom. The SMILES string of the molecule is Cn1c(=O)oc2cc(CCN3CCNCC3)ccc21. The van der Waals surface area contributed by atoms with E-state index in [1.807, 2.05) is 12.1 Å². The van der Waals surface area contributed by atoms with Gasteiger partial charge in [-0.3, -0.25) is 4.57 Å². The van der Waals surface area contributed by atoms with Crippen LogP contribution >= 0.6 is 0 Å². The van der Waals surface area contributed by atoms with E-state index in [1.54, 1.807) is 7.05 Å². The predicted molar refractivity (Wildman–Crippen MR) is 74.5 cm³/mol. The summed E-state index contributed by atoms with van der Waals surface area (Å²) in [5.41, 5.74) is 2.77. The van der Waals surface area contributed by atoms with Crippen molar-refractivity contribution < 1.29 is 4.42 Å². The number of aryl methyl sites for hydroxylation is 1. The van der Waals surface area contributed by atoms with Crippen molar-refractivity contribution in [3.05, 3.63) is 34.3 Å². The molecule has 1 N–H and O–H groups in total. The molecule has 0 bridgehead atoms. The highest BCUT2D eigenvalue weighted by Gasteiger charge is 2.10. The van der Waals surface area contributed by atoms with Gasteiger partial charge in [-0.25, -0.2) is 4.79 Å². The van der Waals surface area contributed by atoms with E-state index in [2.05, 4.69) is 16.3 Å². The quantitative estimate of drug-likeness (QED) is 0.878. The van der Waals surface area contributed by atoms with Gasteiger partial charge in [-0.1, -0.05) is 6.07 Å². The molecule has 0 amide bonds. The van der Waals surface area contributed by atoms with Crippen molar-refractivity contribution in [2.45, 2.75) is 6.42 Å². The van der Waals surface area contributed by atoms with Gasteiger partial charge in [0.05, 0.1) is 5.52 Å². The van der Waals surface area contributed by atoms with Crippen LogP contribution in [0.15, 0.2) is 27.4 Å². The molecule has 0 saturated carbocycles. The lowest BCUT2D eigenvalue weighted by Crippen LogP contribution is -2.44. The highest BCUT2D eigenvalue weighted by atomic mass is 16.4. The largest absolute Gasteiger partial charge is 0.419 e. The van der Waals surface area contributed by atoms with E-state index in [-0.39, 0.29) is 5.76 Å². The number of aromatic nitrogens is 1. The number of fused-ring (bicyclic) bond motifs is 1. The van der Waals surface area contributed by atoms with Gasteiger partial charge in [0.25, 0.3) is 0 Å². The maximum Gasteiger partial charge on any atom is 0.419 e. The van der Waals surface area contributed by atoms with Gasteiger partial charge in [-0.2, -0.15) is 0 Å². The van der Waals surface area contributed by atoms with Crippen LogP contribution in [0.4, 0.5) is 0 Å². The number of hydrogen-bond acceptors (Lipinski definition) is 4. The summed E-state index contributed by atoms with van der Waals surface area (Å²) in [6.07, 6.45) is 0.995. The standard InChI is InChI=1S/C14H19N3O2/c1-16-12-3-2-11(10-13(12)19-14(16)18)4-7-17-8-5-15-6-9-17/h2-3,10,15H,4-9H2,1H3. The van der Waals surface area contributed by atoms with E-state index in [9.17, 15) is 4.79 Å². The van der Waals surface area contributed by atoms with Gasteiger partial charge in [-0.15, -0.1) is 0 Å². The number of piperazine rings is 1. The van der Waals surface area contributed by atoms with Gasteiger partial charge < -0.3 is 14.6 Å². The van der Waals surface area contributed by atoms with E-state index in [0.29, 0.717) is 5.58 Å². The van der Waals surface area contributed by atoms with E-state index < -0.39 is 0 Å². The first-order chi connectivity index (χ1) is 9.24. The topological polar surface area (TPSA) is 50.4 Å². The molecule has 1 aromatic heterocycles. The zero-order valence-corrected chi connectivity index (χ0v) is 11.2. The van der Waals surface area contributed by atoms with E-state index in [1.165, 1.54) is 10.1 Å². The predicted octanol–water partition coefficient (Wildman–Crippen LogP) is 0.579. The number of benzene rings is 1. The van der Waals surface area contributed by atoms with Crippen LogP contribution in [0.5, 0.6) is 0 Å². The molecule has 1 fully saturated rings. The van der Waals surface area contributed by atoms with Crippen molar-refractivity contribution in [2.24, 2.45) is 7.05 Å². The first-order valence-corrected chi connectivity index (χ1v) is 6.75. The zero-order valence-electron chi connectivity index (χ0n) is 11.2. The Hall–Kier alpha value is -1.59. The number of hydrogen-bond donors (Lipinski definition) is 1. The molecule has 5 nitrogen and oxygen atoms in total. The van der Waals surface area contributed by atoms with Gasteiger partial charge in [0.2, 0.25) is 0 Å². The summed E-state index contributed by atoms with van der Waals surface area (Å²) in [5, 5.41) is 3.35. The van der Waals surface area contributed by atoms with Crippen LogP contribution in [-0.4, -0.2) is 42.2 Å². The number of nitrogens with one attached hydrogen (secondary N) is 1. The summed E-state index contributed by atoms with van der Waals surface area (Å²) < 4.78 is 6.75. The highest BCUT2D eigenvalue weighted by molar-refractivity contribution is 5.73. The highest BCUT2D eigenvalue weighted by Crippen LogP contribution is 2.15. The molecule has 0 spiro atoms. The molecule has 2 aromatic rings. The Bertz CT molecular complexity index is 623. The minimum absolute atomic E-state index is 0.297. The van der Waals surface area contributed by atoms with Gasteiger partial charge in [0.1, 0.15) is 0 Å². The Labute approximate surface area is 111 Å². The summed E-state index contributed by atoms with van der Waals surface area (Å²) in [5.74, 6) is -0.297. The van der Waals surface area contributed by atoms with Gasteiger partial charge >= 0.3 is 5.76 Å². The third kappa shape index (κ3) is 2.57. The van der Waals surface area contributed by atoms with E-state index in [0.717, 1.165) is 44.7 Å². The average Bonchev–Trinajstić information content (AvgIpc) is 2.73. The maximum absolute atomic E-state index is 11.4. The lowest BCUT2D eigenvalue weighted by molar-refractivity contribution is 0.244. The average molecular weight is 261 g/mol. The Kier molecular flexibility index (Phi) is 3.40. The summed E-state index contributed by atoms with van der Waals surface area (Å²) >= 11 is 0. The van der Waals surface area contributed by atoms with Crippen molar-refractivity contribution in [1.29, 1.82) is 0 Å². The molecular weight excluding hydrogens is 242 g/mol. The second kappa shape index (κ2) is 5.19. The fourth-order valence-electron chi connectivity index (χ4n) is 2.56. The first-order valence-electron chi connectivity index (χ1n) is 6.75. The maximum atomic E-state index is 11.4. The van der Waals surface area contributed by atoms with Crippen molar-refractivity contribution in [2.75, 3.05) is 32.7 Å². The lowest BCUT2D eigenvalue weighted by Gasteiger charge is -2.27. The van der Waals surface area contributed by atoms with E-state index >= 15 is 0 Å². The number of nitrogens with zero attached hydrogens (tertiary/aromatic N) is 2. The first kappa shape index (κ1) is 12.4. The number of rotatable bonds is 3. The second-order valence-electron chi connectivity index (χ2n) is 5.07. The second-order valence-corrected chi connectivity index (χ2v) is 5.07.